The van der Waals surface area contributed by atoms with Gasteiger partial charge in [0.1, 0.15) is 5.82 Å². The minimum Gasteiger partial charge on any atom is -0.509 e. The summed E-state index contributed by atoms with van der Waals surface area (Å²) in [5.41, 5.74) is 13.1. The molecule has 11 rings (SSSR count). The van der Waals surface area contributed by atoms with Crippen molar-refractivity contribution in [3.8, 4) is 50.7 Å². The number of aromatic nitrogens is 2. The first kappa shape index (κ1) is 41.0. The predicted molar refractivity (Wildman–Crippen MR) is 278 cm³/mol. The Labute approximate surface area is 418 Å². The summed E-state index contributed by atoms with van der Waals surface area (Å²) < 4.78 is 36.5. The number of fused-ring (bicyclic) bond motifs is 4. The van der Waals surface area contributed by atoms with Gasteiger partial charge in [-0.3, -0.25) is 0 Å². The number of ether oxygens (including phenoxy) is 1. The smallest absolute Gasteiger partial charge is 0.135 e. The van der Waals surface area contributed by atoms with Crippen molar-refractivity contribution in [2.75, 3.05) is 9.80 Å². The van der Waals surface area contributed by atoms with Crippen LogP contribution >= 0.6 is 0 Å². The first-order valence-electron chi connectivity index (χ1n) is 24.3. The fourth-order valence-corrected chi connectivity index (χ4v) is 9.29. The number of anilines is 4. The molecule has 0 aliphatic carbocycles. The van der Waals surface area contributed by atoms with Crippen LogP contribution in [0.25, 0.3) is 61.0 Å². The molecule has 0 unspecified atom stereocenters. The van der Waals surface area contributed by atoms with Crippen LogP contribution in [0.1, 0.15) is 56.8 Å². The van der Waals surface area contributed by atoms with Gasteiger partial charge < -0.3 is 19.1 Å². The minimum absolute atomic E-state index is 0. The molecule has 3 heterocycles. The Kier molecular flexibility index (Phi) is 10.7. The van der Waals surface area contributed by atoms with E-state index in [-0.39, 0.29) is 61.5 Å². The number of benzene rings is 8. The molecule has 1 aliphatic heterocycles. The molecule has 0 saturated carbocycles. The SMILES string of the molecule is [2H]c1c(Oc2[c-]c3c(cc2)c2cc(C(C)(C)C)ccc2n3-c2cc(C(C)(C)C)c(-c3ccccc3)cn2)[c-]c(N2[CH-]N(c3c(-c4ccccc4)cccc3-c3ccccc3)c3ccccc32)c([2H])c1[2H].[Pt]. The van der Waals surface area contributed by atoms with E-state index in [4.69, 9.17) is 12.5 Å². The van der Waals surface area contributed by atoms with Gasteiger partial charge in [-0.1, -0.05) is 181 Å². The van der Waals surface area contributed by atoms with Crippen LogP contribution in [0.3, 0.4) is 0 Å². The number of rotatable bonds is 8. The Hall–Kier alpha value is -7.20. The van der Waals surface area contributed by atoms with E-state index in [9.17, 15) is 1.37 Å². The van der Waals surface area contributed by atoms with Crippen LogP contribution in [0.15, 0.2) is 194 Å². The maximum atomic E-state index is 9.34. The molecule has 6 heteroatoms. The Morgan fingerprint density at radius 2 is 1.16 bits per heavy atom. The van der Waals surface area contributed by atoms with E-state index in [0.717, 1.165) is 83.6 Å². The Bertz CT molecular complexity index is 3560. The molecular weight excluding hydrogens is 1010 g/mol. The molecule has 0 radical (unpaired) electrons. The zero-order valence-electron chi connectivity index (χ0n) is 41.8. The Morgan fingerprint density at radius 3 is 1.78 bits per heavy atom. The van der Waals surface area contributed by atoms with Gasteiger partial charge in [-0.15, -0.1) is 48.0 Å². The maximum Gasteiger partial charge on any atom is 0.135 e. The predicted octanol–water partition coefficient (Wildman–Crippen LogP) is 16.6. The topological polar surface area (TPSA) is 33.5 Å². The fraction of sp³-hybridized carbons (Fsp3) is 0.129. The van der Waals surface area contributed by atoms with Crippen LogP contribution in [0.5, 0.6) is 11.5 Å². The number of para-hydroxylation sites is 3. The Morgan fingerprint density at radius 1 is 0.559 bits per heavy atom. The average molecular weight is 1070 g/mol. The van der Waals surface area contributed by atoms with Crippen molar-refractivity contribution < 1.29 is 29.9 Å². The van der Waals surface area contributed by atoms with E-state index in [0.29, 0.717) is 5.75 Å². The van der Waals surface area contributed by atoms with Gasteiger partial charge in [0.2, 0.25) is 0 Å². The minimum atomic E-state index is -0.273. The van der Waals surface area contributed by atoms with Crippen LogP contribution in [0.4, 0.5) is 22.7 Å². The van der Waals surface area contributed by atoms with Crippen molar-refractivity contribution in [3.05, 3.63) is 224 Å². The third-order valence-electron chi connectivity index (χ3n) is 12.6. The maximum absolute atomic E-state index is 9.34. The molecule has 0 atom stereocenters. The summed E-state index contributed by atoms with van der Waals surface area (Å²) in [6, 6.07) is 64.4. The van der Waals surface area contributed by atoms with Gasteiger partial charge in [0.15, 0.2) is 0 Å². The molecule has 0 spiro atoms. The van der Waals surface area contributed by atoms with Gasteiger partial charge in [-0.05, 0) is 71.0 Å². The van der Waals surface area contributed by atoms with E-state index in [2.05, 4.69) is 160 Å². The second-order valence-electron chi connectivity index (χ2n) is 19.2. The molecule has 5 nitrogen and oxygen atoms in total. The summed E-state index contributed by atoms with van der Waals surface area (Å²) in [5, 5.41) is 2.04. The summed E-state index contributed by atoms with van der Waals surface area (Å²) >= 11 is 0. The molecule has 1 aliphatic rings. The van der Waals surface area contributed by atoms with E-state index in [1.165, 1.54) is 5.56 Å². The fourth-order valence-electron chi connectivity index (χ4n) is 9.29. The Balaban J connectivity index is 0.00000582. The first-order chi connectivity index (χ1) is 33.7. The molecular formula is C62H51N4OPt-3. The molecule has 0 amide bonds. The van der Waals surface area contributed by atoms with Gasteiger partial charge in [-0.25, -0.2) is 4.98 Å². The first-order valence-corrected chi connectivity index (χ1v) is 22.8. The molecule has 338 valence electrons. The van der Waals surface area contributed by atoms with Crippen LogP contribution in [-0.4, -0.2) is 9.55 Å². The normalized spacial score (nSPS) is 13.2. The summed E-state index contributed by atoms with van der Waals surface area (Å²) in [6.07, 6.45) is 1.98. The summed E-state index contributed by atoms with van der Waals surface area (Å²) in [4.78, 5) is 9.19. The van der Waals surface area contributed by atoms with Crippen molar-refractivity contribution in [1.82, 2.24) is 9.55 Å². The molecule has 68 heavy (non-hydrogen) atoms. The van der Waals surface area contributed by atoms with Gasteiger partial charge in [-0.2, -0.15) is 12.1 Å². The second kappa shape index (κ2) is 17.8. The van der Waals surface area contributed by atoms with Crippen LogP contribution < -0.4 is 14.5 Å². The van der Waals surface area contributed by atoms with Crippen molar-refractivity contribution in [3.63, 3.8) is 0 Å². The van der Waals surface area contributed by atoms with E-state index >= 15 is 0 Å². The monoisotopic (exact) mass is 1070 g/mol. The second-order valence-corrected chi connectivity index (χ2v) is 19.2. The molecule has 0 bridgehead atoms. The van der Waals surface area contributed by atoms with E-state index < -0.39 is 0 Å². The van der Waals surface area contributed by atoms with Crippen LogP contribution in [0, 0.1) is 18.8 Å². The van der Waals surface area contributed by atoms with Gasteiger partial charge in [0.25, 0.3) is 0 Å². The van der Waals surface area contributed by atoms with Crippen LogP contribution in [0.2, 0.25) is 0 Å². The zero-order valence-corrected chi connectivity index (χ0v) is 41.1. The standard InChI is InChI=1S/C62H51N4O.Pt/c1-61(2,3)45-32-35-55-52(36-45)51-34-33-48(38-58(51)66(55)59-39-54(62(4,5)6)53(40-63-59)44-24-14-9-15-25-44)67-47-27-18-26-46(37-47)64-41-65(57-31-17-16-30-56(57)64)60-49(42-20-10-7-11-21-42)28-19-29-50(60)43-22-12-8-13-23-43;/h7-36,39-41H,1-6H3;/q-3;/i18D,26D,27D;. The van der Waals surface area contributed by atoms with Gasteiger partial charge in [0.05, 0.1) is 0 Å². The number of nitrogens with zero attached hydrogens (tertiary/aromatic N) is 4. The van der Waals surface area contributed by atoms with Gasteiger partial charge >= 0.3 is 0 Å². The van der Waals surface area contributed by atoms with Crippen molar-refractivity contribution in [2.45, 2.75) is 52.4 Å². The third-order valence-corrected chi connectivity index (χ3v) is 12.6. The average Bonchev–Trinajstić information content (AvgIpc) is 3.91. The number of hydrogen-bond acceptors (Lipinski definition) is 4. The number of pyridine rings is 1. The molecule has 8 aromatic carbocycles. The third kappa shape index (κ3) is 8.20. The summed E-state index contributed by atoms with van der Waals surface area (Å²) in [7, 11) is 0. The summed E-state index contributed by atoms with van der Waals surface area (Å²) in [6.45, 7) is 15.3. The van der Waals surface area contributed by atoms with E-state index in [1.807, 2.05) is 90.6 Å². The largest absolute Gasteiger partial charge is 0.509 e. The van der Waals surface area contributed by atoms with Gasteiger partial charge in [0, 0.05) is 79.4 Å². The number of hydrogen-bond donors (Lipinski definition) is 0. The van der Waals surface area contributed by atoms with Crippen LogP contribution in [-0.2, 0) is 31.9 Å². The van der Waals surface area contributed by atoms with E-state index in [1.54, 1.807) is 0 Å². The molecule has 0 saturated heterocycles. The van der Waals surface area contributed by atoms with Crippen molar-refractivity contribution in [1.29, 1.82) is 0 Å². The quantitative estimate of drug-likeness (QED) is 0.142. The molecule has 0 N–H and O–H groups in total. The van der Waals surface area contributed by atoms with Crippen molar-refractivity contribution in [2.24, 2.45) is 0 Å². The zero-order chi connectivity index (χ0) is 48.5. The molecule has 10 aromatic rings. The van der Waals surface area contributed by atoms with Crippen molar-refractivity contribution >= 4 is 44.6 Å². The molecule has 0 fully saturated rings. The summed E-state index contributed by atoms with van der Waals surface area (Å²) in [5.74, 6) is 1.11. The molecule has 2 aromatic heterocycles.